The first-order valence-electron chi connectivity index (χ1n) is 7.63. The summed E-state index contributed by atoms with van der Waals surface area (Å²) in [6, 6.07) is 2.68. The second-order valence-electron chi connectivity index (χ2n) is 5.98. The maximum absolute atomic E-state index is 12.3. The third-order valence-electron chi connectivity index (χ3n) is 4.22. The largest absolute Gasteiger partial charge is 0.314 e. The molecule has 0 unspecified atom stereocenters. The van der Waals surface area contributed by atoms with Crippen LogP contribution in [0.4, 0.5) is 0 Å². The molecule has 0 bridgehead atoms. The van der Waals surface area contributed by atoms with Gasteiger partial charge in [-0.3, -0.25) is 0 Å². The average Bonchev–Trinajstić information content (AvgIpc) is 3.17. The molecule has 1 saturated heterocycles. The number of thiophene rings is 1. The summed E-state index contributed by atoms with van der Waals surface area (Å²) >= 11 is 1.58. The van der Waals surface area contributed by atoms with Crippen LogP contribution in [-0.2, 0) is 16.8 Å². The van der Waals surface area contributed by atoms with Crippen LogP contribution in [-0.4, -0.2) is 38.4 Å². The molecule has 2 fully saturated rings. The summed E-state index contributed by atoms with van der Waals surface area (Å²) in [6.07, 6.45) is 4.53. The number of piperidine rings is 1. The first-order valence-corrected chi connectivity index (χ1v) is 10.0. The van der Waals surface area contributed by atoms with Crippen LogP contribution in [0.3, 0.4) is 0 Å². The molecule has 0 atom stereocenters. The first-order chi connectivity index (χ1) is 10.1. The van der Waals surface area contributed by atoms with Gasteiger partial charge >= 0.3 is 0 Å². The van der Waals surface area contributed by atoms with Gasteiger partial charge < -0.3 is 5.32 Å². The van der Waals surface area contributed by atoms with Gasteiger partial charge in [0, 0.05) is 25.7 Å². The lowest BCUT2D eigenvalue weighted by Crippen LogP contribution is -2.45. The fraction of sp³-hybridized carbons (Fsp3) is 0.714. The molecule has 7 heteroatoms. The van der Waals surface area contributed by atoms with Crippen molar-refractivity contribution >= 4 is 21.5 Å². The Morgan fingerprint density at radius 3 is 2.62 bits per heavy atom. The van der Waals surface area contributed by atoms with E-state index < -0.39 is 10.2 Å². The van der Waals surface area contributed by atoms with Gasteiger partial charge in [-0.05, 0) is 60.5 Å². The molecule has 1 aromatic heterocycles. The zero-order chi connectivity index (χ0) is 14.7. The molecule has 0 spiro atoms. The minimum Gasteiger partial charge on any atom is -0.314 e. The molecule has 1 aliphatic carbocycles. The smallest absolute Gasteiger partial charge is 0.279 e. The van der Waals surface area contributed by atoms with E-state index in [2.05, 4.69) is 10.0 Å². The molecule has 0 aromatic carbocycles. The van der Waals surface area contributed by atoms with Crippen LogP contribution in [0, 0.1) is 5.92 Å². The van der Waals surface area contributed by atoms with Gasteiger partial charge in [-0.2, -0.15) is 28.8 Å². The summed E-state index contributed by atoms with van der Waals surface area (Å²) in [5, 5.41) is 7.47. The number of hydrogen-bond donors (Lipinski definition) is 2. The Hall–Kier alpha value is -0.470. The van der Waals surface area contributed by atoms with Crippen molar-refractivity contribution in [2.75, 3.05) is 19.6 Å². The molecule has 118 valence electrons. The van der Waals surface area contributed by atoms with Gasteiger partial charge in [0.1, 0.15) is 0 Å². The molecule has 3 rings (SSSR count). The maximum atomic E-state index is 12.3. The Morgan fingerprint density at radius 2 is 2.00 bits per heavy atom. The minimum absolute atomic E-state index is 0.384. The molecule has 2 heterocycles. The van der Waals surface area contributed by atoms with E-state index in [1.807, 2.05) is 16.8 Å². The third kappa shape index (κ3) is 4.50. The molecule has 2 aliphatic rings. The topological polar surface area (TPSA) is 61.4 Å². The quantitative estimate of drug-likeness (QED) is 0.798. The van der Waals surface area contributed by atoms with E-state index in [-0.39, 0.29) is 0 Å². The molecule has 0 radical (unpaired) electrons. The average molecular weight is 329 g/mol. The lowest BCUT2D eigenvalue weighted by molar-refractivity contribution is 0.264. The highest BCUT2D eigenvalue weighted by Crippen LogP contribution is 2.22. The van der Waals surface area contributed by atoms with Crippen molar-refractivity contribution < 1.29 is 8.42 Å². The summed E-state index contributed by atoms with van der Waals surface area (Å²) in [5.41, 5.74) is 1.02. The van der Waals surface area contributed by atoms with Crippen LogP contribution in [0.5, 0.6) is 0 Å². The number of rotatable bonds is 7. The van der Waals surface area contributed by atoms with E-state index in [9.17, 15) is 8.42 Å². The third-order valence-corrected chi connectivity index (χ3v) is 6.51. The lowest BCUT2D eigenvalue weighted by Gasteiger charge is -2.31. The molecule has 21 heavy (non-hydrogen) atoms. The second kappa shape index (κ2) is 6.75. The summed E-state index contributed by atoms with van der Waals surface area (Å²) in [6.45, 7) is 2.70. The van der Waals surface area contributed by atoms with Crippen LogP contribution in [0.25, 0.3) is 0 Å². The van der Waals surface area contributed by atoms with Crippen molar-refractivity contribution in [2.24, 2.45) is 5.92 Å². The normalized spacial score (nSPS) is 21.7. The van der Waals surface area contributed by atoms with Gasteiger partial charge in [0.15, 0.2) is 0 Å². The zero-order valence-electron chi connectivity index (χ0n) is 12.1. The highest BCUT2D eigenvalue weighted by atomic mass is 32.2. The summed E-state index contributed by atoms with van der Waals surface area (Å²) in [5.74, 6) is 0.619. The van der Waals surface area contributed by atoms with Crippen LogP contribution in [0.15, 0.2) is 16.8 Å². The number of nitrogens with one attached hydrogen (secondary N) is 2. The van der Waals surface area contributed by atoms with Gasteiger partial charge in [-0.1, -0.05) is 0 Å². The molecule has 1 aliphatic heterocycles. The van der Waals surface area contributed by atoms with E-state index >= 15 is 0 Å². The SMILES string of the molecule is O=S(=O)(NCc1ccsc1)N1CCC(CNC2CC2)CC1. The van der Waals surface area contributed by atoms with Crippen molar-refractivity contribution in [2.45, 2.75) is 38.3 Å². The van der Waals surface area contributed by atoms with Crippen molar-refractivity contribution in [1.82, 2.24) is 14.3 Å². The van der Waals surface area contributed by atoms with E-state index in [1.165, 1.54) is 12.8 Å². The first kappa shape index (κ1) is 15.4. The highest BCUT2D eigenvalue weighted by molar-refractivity contribution is 7.87. The standard InChI is InChI=1S/C14H23N3O2S2/c18-21(19,16-10-13-5-8-20-11-13)17-6-3-12(4-7-17)9-15-14-1-2-14/h5,8,11-12,14-16H,1-4,6-7,9-10H2. The van der Waals surface area contributed by atoms with Crippen molar-refractivity contribution in [3.8, 4) is 0 Å². The van der Waals surface area contributed by atoms with Gasteiger partial charge in [-0.15, -0.1) is 0 Å². The van der Waals surface area contributed by atoms with Crippen molar-refractivity contribution in [1.29, 1.82) is 0 Å². The predicted octanol–water partition coefficient (Wildman–Crippen LogP) is 1.55. The molecule has 0 amide bonds. The maximum Gasteiger partial charge on any atom is 0.279 e. The Bertz CT molecular complexity index is 533. The fourth-order valence-electron chi connectivity index (χ4n) is 2.63. The van der Waals surface area contributed by atoms with E-state index in [4.69, 9.17) is 0 Å². The Morgan fingerprint density at radius 1 is 1.24 bits per heavy atom. The molecule has 5 nitrogen and oxygen atoms in total. The molecule has 1 aromatic rings. The second-order valence-corrected chi connectivity index (χ2v) is 8.52. The van der Waals surface area contributed by atoms with Crippen molar-refractivity contribution in [3.05, 3.63) is 22.4 Å². The molecular formula is C14H23N3O2S2. The van der Waals surface area contributed by atoms with E-state index in [0.717, 1.165) is 31.0 Å². The lowest BCUT2D eigenvalue weighted by atomic mass is 9.98. The Balaban J connectivity index is 1.43. The van der Waals surface area contributed by atoms with Gasteiger partial charge in [0.25, 0.3) is 10.2 Å². The minimum atomic E-state index is -3.33. The van der Waals surface area contributed by atoms with Crippen molar-refractivity contribution in [3.63, 3.8) is 0 Å². The number of nitrogens with zero attached hydrogens (tertiary/aromatic N) is 1. The Kier molecular flexibility index (Phi) is 4.96. The molecule has 1 saturated carbocycles. The van der Waals surface area contributed by atoms with E-state index in [1.54, 1.807) is 15.6 Å². The Labute approximate surface area is 130 Å². The van der Waals surface area contributed by atoms with Crippen LogP contribution in [0.1, 0.15) is 31.2 Å². The monoisotopic (exact) mass is 329 g/mol. The highest BCUT2D eigenvalue weighted by Gasteiger charge is 2.29. The fourth-order valence-corrected chi connectivity index (χ4v) is 4.53. The van der Waals surface area contributed by atoms with Gasteiger partial charge in [-0.25, -0.2) is 0 Å². The zero-order valence-corrected chi connectivity index (χ0v) is 13.8. The van der Waals surface area contributed by atoms with Crippen LogP contribution in [0.2, 0.25) is 0 Å². The van der Waals surface area contributed by atoms with Crippen LogP contribution < -0.4 is 10.0 Å². The molecular weight excluding hydrogens is 306 g/mol. The summed E-state index contributed by atoms with van der Waals surface area (Å²) in [7, 11) is -3.33. The summed E-state index contributed by atoms with van der Waals surface area (Å²) in [4.78, 5) is 0. The van der Waals surface area contributed by atoms with E-state index in [0.29, 0.717) is 25.6 Å². The van der Waals surface area contributed by atoms with Crippen LogP contribution >= 0.6 is 11.3 Å². The van der Waals surface area contributed by atoms with Gasteiger partial charge in [0.2, 0.25) is 0 Å². The predicted molar refractivity (Wildman–Crippen MR) is 85.4 cm³/mol. The summed E-state index contributed by atoms with van der Waals surface area (Å²) < 4.78 is 28.8. The molecule has 2 N–H and O–H groups in total. The van der Waals surface area contributed by atoms with Gasteiger partial charge in [0.05, 0.1) is 0 Å². The number of hydrogen-bond acceptors (Lipinski definition) is 4.